The number of ketones is 2. The van der Waals surface area contributed by atoms with Crippen LogP contribution in [-0.2, 0) is 9.59 Å². The van der Waals surface area contributed by atoms with Gasteiger partial charge in [0.1, 0.15) is 29.2 Å². The van der Waals surface area contributed by atoms with E-state index in [0.717, 1.165) is 23.3 Å². The summed E-state index contributed by atoms with van der Waals surface area (Å²) in [6.07, 6.45) is 0. The predicted molar refractivity (Wildman–Crippen MR) is 118 cm³/mol. The van der Waals surface area contributed by atoms with Crippen molar-refractivity contribution >= 4 is 23.5 Å². The molecule has 0 spiro atoms. The standard InChI is InChI=1S/C27H19FO6/c1-13-3-9-19-17(11-13)24(29)22(26(31)33-19)21(15-5-7-16(28)8-6-15)23-25(30)18-12-14(2)4-10-20(18)34-27(23)32/h3-12,21-23H,1-2H3. The highest BCUT2D eigenvalue weighted by Gasteiger charge is 2.52. The molecule has 2 atom stereocenters. The first-order valence-corrected chi connectivity index (χ1v) is 10.7. The molecule has 0 radical (unpaired) electrons. The fraction of sp³-hybridized carbons (Fsp3) is 0.185. The smallest absolute Gasteiger partial charge is 0.322 e. The molecule has 2 heterocycles. The van der Waals surface area contributed by atoms with Crippen LogP contribution in [0.5, 0.6) is 11.5 Å². The Labute approximate surface area is 194 Å². The zero-order valence-corrected chi connectivity index (χ0v) is 18.3. The van der Waals surface area contributed by atoms with E-state index >= 15 is 0 Å². The minimum absolute atomic E-state index is 0.119. The highest BCUT2D eigenvalue weighted by molar-refractivity contribution is 6.18. The van der Waals surface area contributed by atoms with Crippen molar-refractivity contribution in [2.45, 2.75) is 19.8 Å². The van der Waals surface area contributed by atoms with Gasteiger partial charge >= 0.3 is 11.9 Å². The Bertz CT molecular complexity index is 1290. The number of fused-ring (bicyclic) bond motifs is 2. The number of aryl methyl sites for hydroxylation is 2. The Morgan fingerprint density at radius 1 is 0.676 bits per heavy atom. The van der Waals surface area contributed by atoms with Crippen molar-refractivity contribution in [1.29, 1.82) is 0 Å². The normalized spacial score (nSPS) is 20.2. The van der Waals surface area contributed by atoms with Crippen LogP contribution in [0.3, 0.4) is 0 Å². The van der Waals surface area contributed by atoms with Gasteiger partial charge < -0.3 is 9.47 Å². The van der Waals surface area contributed by atoms with E-state index in [0.29, 0.717) is 0 Å². The monoisotopic (exact) mass is 458 g/mol. The molecular formula is C27H19FO6. The van der Waals surface area contributed by atoms with Gasteiger partial charge in [0.05, 0.1) is 11.1 Å². The maximum absolute atomic E-state index is 13.7. The fourth-order valence-electron chi connectivity index (χ4n) is 4.63. The third-order valence-corrected chi connectivity index (χ3v) is 6.27. The number of benzene rings is 3. The molecule has 2 aliphatic rings. The zero-order chi connectivity index (χ0) is 24.1. The number of hydrogen-bond donors (Lipinski definition) is 0. The van der Waals surface area contributed by atoms with Crippen molar-refractivity contribution in [1.82, 2.24) is 0 Å². The van der Waals surface area contributed by atoms with E-state index in [-0.39, 0.29) is 28.2 Å². The lowest BCUT2D eigenvalue weighted by Crippen LogP contribution is -2.46. The van der Waals surface area contributed by atoms with Crippen LogP contribution in [0.2, 0.25) is 0 Å². The van der Waals surface area contributed by atoms with Gasteiger partial charge in [-0.1, -0.05) is 35.4 Å². The molecule has 0 bridgehead atoms. The Balaban J connectivity index is 1.67. The first kappa shape index (κ1) is 21.7. The molecule has 34 heavy (non-hydrogen) atoms. The van der Waals surface area contributed by atoms with Crippen LogP contribution in [0.25, 0.3) is 0 Å². The number of rotatable bonds is 3. The summed E-state index contributed by atoms with van der Waals surface area (Å²) in [5.74, 6) is -7.44. The molecule has 2 unspecified atom stereocenters. The molecule has 5 rings (SSSR count). The van der Waals surface area contributed by atoms with Crippen molar-refractivity contribution < 1.29 is 33.0 Å². The van der Waals surface area contributed by atoms with Crippen LogP contribution in [0.15, 0.2) is 60.7 Å². The topological polar surface area (TPSA) is 86.7 Å². The number of carbonyl (C=O) groups is 4. The van der Waals surface area contributed by atoms with Gasteiger partial charge in [-0.2, -0.15) is 0 Å². The second-order valence-electron chi connectivity index (χ2n) is 8.60. The molecule has 0 fully saturated rings. The predicted octanol–water partition coefficient (Wildman–Crippen LogP) is 4.36. The maximum atomic E-state index is 13.7. The molecule has 6 nitrogen and oxygen atoms in total. The maximum Gasteiger partial charge on any atom is 0.322 e. The molecular weight excluding hydrogens is 439 g/mol. The van der Waals surface area contributed by atoms with Crippen LogP contribution in [-0.4, -0.2) is 23.5 Å². The molecule has 0 aromatic heterocycles. The van der Waals surface area contributed by atoms with E-state index in [1.54, 1.807) is 38.1 Å². The van der Waals surface area contributed by atoms with E-state index in [1.165, 1.54) is 24.3 Å². The first-order valence-electron chi connectivity index (χ1n) is 10.7. The number of ether oxygens (including phenoxy) is 2. The van der Waals surface area contributed by atoms with Gasteiger partial charge in [0.2, 0.25) is 0 Å². The Kier molecular flexibility index (Phi) is 5.12. The van der Waals surface area contributed by atoms with Gasteiger partial charge in [0.25, 0.3) is 0 Å². The fourth-order valence-corrected chi connectivity index (χ4v) is 4.63. The second kappa shape index (κ2) is 8.02. The van der Waals surface area contributed by atoms with Crippen LogP contribution < -0.4 is 9.47 Å². The molecule has 7 heteroatoms. The third-order valence-electron chi connectivity index (χ3n) is 6.27. The summed E-state index contributed by atoms with van der Waals surface area (Å²) in [5.41, 5.74) is 2.20. The van der Waals surface area contributed by atoms with Crippen molar-refractivity contribution in [3.05, 3.63) is 94.3 Å². The highest BCUT2D eigenvalue weighted by Crippen LogP contribution is 2.44. The Morgan fingerprint density at radius 3 is 1.56 bits per heavy atom. The summed E-state index contributed by atoms with van der Waals surface area (Å²) in [7, 11) is 0. The largest absolute Gasteiger partial charge is 0.425 e. The van der Waals surface area contributed by atoms with E-state index in [9.17, 15) is 23.6 Å². The lowest BCUT2D eigenvalue weighted by Gasteiger charge is -2.34. The quantitative estimate of drug-likeness (QED) is 0.329. The van der Waals surface area contributed by atoms with Crippen molar-refractivity contribution in [2.24, 2.45) is 11.8 Å². The summed E-state index contributed by atoms with van der Waals surface area (Å²) in [6.45, 7) is 3.58. The lowest BCUT2D eigenvalue weighted by molar-refractivity contribution is -0.142. The molecule has 0 N–H and O–H groups in total. The summed E-state index contributed by atoms with van der Waals surface area (Å²) in [4.78, 5) is 53.4. The number of halogens is 1. The van der Waals surface area contributed by atoms with Gasteiger partial charge in [-0.25, -0.2) is 4.39 Å². The summed E-state index contributed by atoms with van der Waals surface area (Å²) < 4.78 is 24.6. The minimum Gasteiger partial charge on any atom is -0.425 e. The summed E-state index contributed by atoms with van der Waals surface area (Å²) in [6, 6.07) is 14.7. The molecule has 3 aromatic carbocycles. The summed E-state index contributed by atoms with van der Waals surface area (Å²) >= 11 is 0. The average Bonchev–Trinajstić information content (AvgIpc) is 2.80. The summed E-state index contributed by atoms with van der Waals surface area (Å²) in [5, 5.41) is 0. The minimum atomic E-state index is -1.49. The first-order chi connectivity index (χ1) is 16.2. The van der Waals surface area contributed by atoms with Crippen LogP contribution in [0, 0.1) is 31.5 Å². The molecule has 0 saturated heterocycles. The Hall–Kier alpha value is -4.13. The average molecular weight is 458 g/mol. The SMILES string of the molecule is Cc1ccc2c(c1)C(=O)C(C(c1ccc(F)cc1)C1C(=O)Oc3ccc(C)cc3C1=O)C(=O)O2. The third kappa shape index (κ3) is 3.50. The van der Waals surface area contributed by atoms with Crippen molar-refractivity contribution in [3.63, 3.8) is 0 Å². The van der Waals surface area contributed by atoms with Gasteiger partial charge in [0.15, 0.2) is 11.6 Å². The molecule has 0 amide bonds. The van der Waals surface area contributed by atoms with Crippen LogP contribution in [0.1, 0.15) is 43.3 Å². The van der Waals surface area contributed by atoms with Crippen molar-refractivity contribution in [2.75, 3.05) is 0 Å². The molecule has 170 valence electrons. The van der Waals surface area contributed by atoms with E-state index in [1.807, 2.05) is 0 Å². The van der Waals surface area contributed by atoms with Gasteiger partial charge in [0, 0.05) is 5.92 Å². The molecule has 0 saturated carbocycles. The number of Topliss-reactive ketones (excluding diaryl/α,β-unsaturated/α-hetero) is 2. The van der Waals surface area contributed by atoms with Gasteiger partial charge in [-0.15, -0.1) is 0 Å². The van der Waals surface area contributed by atoms with Crippen LogP contribution >= 0.6 is 0 Å². The number of hydrogen-bond acceptors (Lipinski definition) is 6. The Morgan fingerprint density at radius 2 is 1.12 bits per heavy atom. The van der Waals surface area contributed by atoms with Gasteiger partial charge in [-0.3, -0.25) is 19.2 Å². The zero-order valence-electron chi connectivity index (χ0n) is 18.3. The second-order valence-corrected chi connectivity index (χ2v) is 8.60. The lowest BCUT2D eigenvalue weighted by atomic mass is 9.70. The molecule has 2 aliphatic heterocycles. The van der Waals surface area contributed by atoms with Crippen molar-refractivity contribution in [3.8, 4) is 11.5 Å². The molecule has 0 aliphatic carbocycles. The van der Waals surface area contributed by atoms with Gasteiger partial charge in [-0.05, 0) is 55.8 Å². The van der Waals surface area contributed by atoms with Crippen LogP contribution in [0.4, 0.5) is 4.39 Å². The van der Waals surface area contributed by atoms with E-state index in [4.69, 9.17) is 9.47 Å². The molecule has 3 aromatic rings. The number of carbonyl (C=O) groups excluding carboxylic acids is 4. The number of esters is 2. The highest BCUT2D eigenvalue weighted by atomic mass is 19.1. The van der Waals surface area contributed by atoms with E-state index < -0.39 is 47.1 Å². The van der Waals surface area contributed by atoms with E-state index in [2.05, 4.69) is 0 Å².